The molecule has 0 amide bonds. The molecule has 1 aromatic carbocycles. The van der Waals surface area contributed by atoms with Crippen LogP contribution >= 0.6 is 0 Å². The van der Waals surface area contributed by atoms with Crippen LogP contribution in [-0.2, 0) is 6.54 Å². The van der Waals surface area contributed by atoms with Gasteiger partial charge in [-0.1, -0.05) is 30.3 Å². The SMILES string of the molecule is CN[C@@H]1CN(Cc2ccccc2)CC12CC2. The van der Waals surface area contributed by atoms with E-state index in [1.54, 1.807) is 0 Å². The third-order valence-electron chi connectivity index (χ3n) is 4.21. The molecule has 1 heterocycles. The van der Waals surface area contributed by atoms with Crippen LogP contribution in [0.2, 0.25) is 0 Å². The Hall–Kier alpha value is -0.860. The zero-order chi connectivity index (χ0) is 11.0. The summed E-state index contributed by atoms with van der Waals surface area (Å²) in [5.74, 6) is 0. The summed E-state index contributed by atoms with van der Waals surface area (Å²) in [6.45, 7) is 3.61. The molecule has 1 saturated heterocycles. The van der Waals surface area contributed by atoms with Crippen LogP contribution in [0.3, 0.4) is 0 Å². The molecule has 0 radical (unpaired) electrons. The predicted octanol–water partition coefficient (Wildman–Crippen LogP) is 1.87. The van der Waals surface area contributed by atoms with E-state index in [0.717, 1.165) is 12.6 Å². The third kappa shape index (κ3) is 1.76. The maximum absolute atomic E-state index is 3.49. The van der Waals surface area contributed by atoms with E-state index in [0.29, 0.717) is 5.41 Å². The van der Waals surface area contributed by atoms with Crippen molar-refractivity contribution in [1.82, 2.24) is 10.2 Å². The lowest BCUT2D eigenvalue weighted by atomic mass is 10.0. The number of nitrogens with zero attached hydrogens (tertiary/aromatic N) is 1. The van der Waals surface area contributed by atoms with Gasteiger partial charge in [0.1, 0.15) is 0 Å². The lowest BCUT2D eigenvalue weighted by Crippen LogP contribution is -2.34. The fourth-order valence-electron chi connectivity index (χ4n) is 3.10. The van der Waals surface area contributed by atoms with Crippen molar-refractivity contribution in [3.8, 4) is 0 Å². The Kier molecular flexibility index (Phi) is 2.49. The molecule has 1 spiro atoms. The zero-order valence-electron chi connectivity index (χ0n) is 9.95. The van der Waals surface area contributed by atoms with Gasteiger partial charge < -0.3 is 5.32 Å². The van der Waals surface area contributed by atoms with Crippen LogP contribution in [0.4, 0.5) is 0 Å². The molecule has 3 rings (SSSR count). The number of likely N-dealkylation sites (N-methyl/N-ethyl adjacent to an activating group) is 1. The molecule has 1 aliphatic heterocycles. The van der Waals surface area contributed by atoms with Gasteiger partial charge >= 0.3 is 0 Å². The lowest BCUT2D eigenvalue weighted by molar-refractivity contribution is 0.312. The Morgan fingerprint density at radius 2 is 2.06 bits per heavy atom. The van der Waals surface area contributed by atoms with Gasteiger partial charge in [-0.05, 0) is 30.9 Å². The molecule has 1 atom stereocenters. The molecule has 1 aromatic rings. The minimum Gasteiger partial charge on any atom is -0.315 e. The molecule has 0 unspecified atom stereocenters. The molecule has 1 aliphatic carbocycles. The second-order valence-corrected chi connectivity index (χ2v) is 5.36. The Morgan fingerprint density at radius 1 is 1.31 bits per heavy atom. The first-order chi connectivity index (χ1) is 7.82. The van der Waals surface area contributed by atoms with Crippen molar-refractivity contribution in [2.45, 2.75) is 25.4 Å². The Labute approximate surface area is 97.6 Å². The summed E-state index contributed by atoms with van der Waals surface area (Å²) in [5.41, 5.74) is 2.07. The van der Waals surface area contributed by atoms with Crippen molar-refractivity contribution in [2.24, 2.45) is 5.41 Å². The van der Waals surface area contributed by atoms with Gasteiger partial charge in [-0.15, -0.1) is 0 Å². The van der Waals surface area contributed by atoms with E-state index in [4.69, 9.17) is 0 Å². The number of hydrogen-bond acceptors (Lipinski definition) is 2. The molecule has 2 heteroatoms. The van der Waals surface area contributed by atoms with Crippen LogP contribution in [0.1, 0.15) is 18.4 Å². The van der Waals surface area contributed by atoms with Gasteiger partial charge in [0.15, 0.2) is 0 Å². The zero-order valence-corrected chi connectivity index (χ0v) is 9.95. The maximum Gasteiger partial charge on any atom is 0.0260 e. The van der Waals surface area contributed by atoms with E-state index < -0.39 is 0 Å². The van der Waals surface area contributed by atoms with E-state index in [-0.39, 0.29) is 0 Å². The Morgan fingerprint density at radius 3 is 2.62 bits per heavy atom. The molecule has 0 aromatic heterocycles. The van der Waals surface area contributed by atoms with Gasteiger partial charge in [-0.2, -0.15) is 0 Å². The van der Waals surface area contributed by atoms with Crippen LogP contribution in [0.15, 0.2) is 30.3 Å². The minimum absolute atomic E-state index is 0.629. The number of rotatable bonds is 3. The predicted molar refractivity (Wildman–Crippen MR) is 66.2 cm³/mol. The van der Waals surface area contributed by atoms with E-state index in [9.17, 15) is 0 Å². The van der Waals surface area contributed by atoms with E-state index in [2.05, 4.69) is 47.6 Å². The maximum atomic E-state index is 3.49. The first-order valence-corrected chi connectivity index (χ1v) is 6.26. The summed E-state index contributed by atoms with van der Waals surface area (Å²) in [5, 5.41) is 3.49. The van der Waals surface area contributed by atoms with Crippen LogP contribution in [-0.4, -0.2) is 31.1 Å². The molecular formula is C14H20N2. The molecular weight excluding hydrogens is 196 g/mol. The summed E-state index contributed by atoms with van der Waals surface area (Å²) >= 11 is 0. The smallest absolute Gasteiger partial charge is 0.0260 e. The number of nitrogens with one attached hydrogen (secondary N) is 1. The van der Waals surface area contributed by atoms with Crippen LogP contribution < -0.4 is 5.32 Å². The fraction of sp³-hybridized carbons (Fsp3) is 0.571. The highest BCUT2D eigenvalue weighted by molar-refractivity contribution is 5.16. The molecule has 1 saturated carbocycles. The highest BCUT2D eigenvalue weighted by Crippen LogP contribution is 2.52. The second-order valence-electron chi connectivity index (χ2n) is 5.36. The minimum atomic E-state index is 0.629. The highest BCUT2D eigenvalue weighted by Gasteiger charge is 2.54. The summed E-state index contributed by atoms with van der Waals surface area (Å²) in [4.78, 5) is 2.60. The summed E-state index contributed by atoms with van der Waals surface area (Å²) < 4.78 is 0. The average Bonchev–Trinajstić information content (AvgIpc) is 2.98. The van der Waals surface area contributed by atoms with Gasteiger partial charge in [0, 0.05) is 25.7 Å². The van der Waals surface area contributed by atoms with Crippen molar-refractivity contribution in [3.63, 3.8) is 0 Å². The van der Waals surface area contributed by atoms with Gasteiger partial charge in [0.2, 0.25) is 0 Å². The first kappa shape index (κ1) is 10.3. The quantitative estimate of drug-likeness (QED) is 0.830. The van der Waals surface area contributed by atoms with E-state index in [1.807, 2.05) is 0 Å². The van der Waals surface area contributed by atoms with Crippen molar-refractivity contribution in [2.75, 3.05) is 20.1 Å². The Bertz CT molecular complexity index is 356. The van der Waals surface area contributed by atoms with Gasteiger partial charge in [0.05, 0.1) is 0 Å². The van der Waals surface area contributed by atoms with E-state index in [1.165, 1.54) is 31.5 Å². The molecule has 86 valence electrons. The monoisotopic (exact) mass is 216 g/mol. The van der Waals surface area contributed by atoms with Crippen molar-refractivity contribution >= 4 is 0 Å². The summed E-state index contributed by atoms with van der Waals surface area (Å²) in [7, 11) is 2.11. The first-order valence-electron chi connectivity index (χ1n) is 6.26. The van der Waals surface area contributed by atoms with Gasteiger partial charge in [-0.25, -0.2) is 0 Å². The van der Waals surface area contributed by atoms with Crippen molar-refractivity contribution in [1.29, 1.82) is 0 Å². The van der Waals surface area contributed by atoms with Crippen LogP contribution in [0, 0.1) is 5.41 Å². The number of likely N-dealkylation sites (tertiary alicyclic amines) is 1. The standard InChI is InChI=1S/C14H20N2/c1-15-13-10-16(11-14(13)7-8-14)9-12-5-3-2-4-6-12/h2-6,13,15H,7-11H2,1H3/t13-/m1/s1. The molecule has 2 aliphatic rings. The van der Waals surface area contributed by atoms with Crippen LogP contribution in [0.5, 0.6) is 0 Å². The average molecular weight is 216 g/mol. The fourth-order valence-corrected chi connectivity index (χ4v) is 3.10. The normalized spacial score (nSPS) is 27.4. The number of benzene rings is 1. The molecule has 16 heavy (non-hydrogen) atoms. The lowest BCUT2D eigenvalue weighted by Gasteiger charge is -2.15. The number of hydrogen-bond donors (Lipinski definition) is 1. The van der Waals surface area contributed by atoms with Crippen molar-refractivity contribution < 1.29 is 0 Å². The second kappa shape index (κ2) is 3.86. The molecule has 2 nitrogen and oxygen atoms in total. The Balaban J connectivity index is 1.66. The topological polar surface area (TPSA) is 15.3 Å². The highest BCUT2D eigenvalue weighted by atomic mass is 15.2. The van der Waals surface area contributed by atoms with Crippen molar-refractivity contribution in [3.05, 3.63) is 35.9 Å². The summed E-state index contributed by atoms with van der Waals surface area (Å²) in [6, 6.07) is 11.5. The van der Waals surface area contributed by atoms with Crippen LogP contribution in [0.25, 0.3) is 0 Å². The van der Waals surface area contributed by atoms with E-state index >= 15 is 0 Å². The molecule has 2 fully saturated rings. The molecule has 0 bridgehead atoms. The molecule has 1 N–H and O–H groups in total. The third-order valence-corrected chi connectivity index (χ3v) is 4.21. The van der Waals surface area contributed by atoms with Gasteiger partial charge in [0.25, 0.3) is 0 Å². The largest absolute Gasteiger partial charge is 0.315 e. The summed E-state index contributed by atoms with van der Waals surface area (Å²) in [6.07, 6.45) is 2.84. The van der Waals surface area contributed by atoms with Gasteiger partial charge in [-0.3, -0.25) is 4.90 Å².